The molecule has 0 spiro atoms. The van der Waals surface area contributed by atoms with E-state index in [0.29, 0.717) is 5.82 Å². The van der Waals surface area contributed by atoms with E-state index in [0.717, 1.165) is 42.9 Å². The van der Waals surface area contributed by atoms with Crippen molar-refractivity contribution in [2.24, 2.45) is 0 Å². The molecular formula is C26H40N2O2. The topological polar surface area (TPSA) is 44.2 Å². The van der Waals surface area contributed by atoms with E-state index in [1.165, 1.54) is 51.4 Å². The standard InChI is InChI=1S/C26H40N2O2/c1-4-6-7-8-9-10-11-12-13-19-29-25-20-27-26(28-21-25)23-15-17-24(18-16-23)30-22(3)14-5-2/h15-18,20-22H,4-14,19H2,1-3H3/t22-/m0/s1. The average molecular weight is 413 g/mol. The fourth-order valence-electron chi connectivity index (χ4n) is 3.52. The minimum Gasteiger partial charge on any atom is -0.491 e. The second-order valence-electron chi connectivity index (χ2n) is 8.16. The van der Waals surface area contributed by atoms with Gasteiger partial charge in [-0.15, -0.1) is 0 Å². The maximum atomic E-state index is 5.91. The molecule has 0 bridgehead atoms. The average Bonchev–Trinajstić information content (AvgIpc) is 2.76. The molecular weight excluding hydrogens is 372 g/mol. The highest BCUT2D eigenvalue weighted by Crippen LogP contribution is 2.21. The van der Waals surface area contributed by atoms with Crippen LogP contribution in [-0.2, 0) is 0 Å². The maximum absolute atomic E-state index is 5.91. The van der Waals surface area contributed by atoms with Crippen molar-refractivity contribution in [1.82, 2.24) is 9.97 Å². The number of rotatable bonds is 16. The molecule has 2 aromatic rings. The summed E-state index contributed by atoms with van der Waals surface area (Å²) < 4.78 is 11.7. The summed E-state index contributed by atoms with van der Waals surface area (Å²) in [4.78, 5) is 8.91. The SMILES string of the molecule is CCCCCCCCCCCOc1cnc(-c2ccc(O[C@@H](C)CCC)cc2)nc1. The molecule has 1 aromatic heterocycles. The number of benzene rings is 1. The molecule has 1 heterocycles. The molecule has 0 saturated heterocycles. The predicted molar refractivity (Wildman–Crippen MR) is 125 cm³/mol. The molecule has 1 atom stereocenters. The maximum Gasteiger partial charge on any atom is 0.159 e. The molecule has 0 fully saturated rings. The fourth-order valence-corrected chi connectivity index (χ4v) is 3.52. The first-order chi connectivity index (χ1) is 14.7. The van der Waals surface area contributed by atoms with Crippen LogP contribution < -0.4 is 9.47 Å². The van der Waals surface area contributed by atoms with E-state index in [1.54, 1.807) is 12.4 Å². The van der Waals surface area contributed by atoms with E-state index >= 15 is 0 Å². The van der Waals surface area contributed by atoms with Crippen LogP contribution >= 0.6 is 0 Å². The zero-order valence-corrected chi connectivity index (χ0v) is 19.2. The predicted octanol–water partition coefficient (Wildman–Crippen LogP) is 7.62. The lowest BCUT2D eigenvalue weighted by Gasteiger charge is -2.13. The molecule has 0 aliphatic heterocycles. The second-order valence-corrected chi connectivity index (χ2v) is 8.16. The lowest BCUT2D eigenvalue weighted by Crippen LogP contribution is -2.10. The number of aromatic nitrogens is 2. The summed E-state index contributed by atoms with van der Waals surface area (Å²) in [7, 11) is 0. The second kappa shape index (κ2) is 14.8. The van der Waals surface area contributed by atoms with E-state index in [2.05, 4.69) is 30.7 Å². The number of ether oxygens (including phenoxy) is 2. The van der Waals surface area contributed by atoms with Gasteiger partial charge < -0.3 is 9.47 Å². The van der Waals surface area contributed by atoms with Gasteiger partial charge in [0.1, 0.15) is 5.75 Å². The summed E-state index contributed by atoms with van der Waals surface area (Å²) in [6.07, 6.45) is 17.8. The first-order valence-corrected chi connectivity index (χ1v) is 11.9. The zero-order chi connectivity index (χ0) is 21.4. The third kappa shape index (κ3) is 9.60. The smallest absolute Gasteiger partial charge is 0.159 e. The lowest BCUT2D eigenvalue weighted by atomic mass is 10.1. The minimum atomic E-state index is 0.235. The molecule has 1 aromatic carbocycles. The Kier molecular flexibility index (Phi) is 11.9. The molecule has 30 heavy (non-hydrogen) atoms. The van der Waals surface area contributed by atoms with Crippen molar-refractivity contribution in [3.05, 3.63) is 36.7 Å². The molecule has 0 amide bonds. The van der Waals surface area contributed by atoms with Crippen molar-refractivity contribution in [3.63, 3.8) is 0 Å². The van der Waals surface area contributed by atoms with Crippen LogP contribution in [0, 0.1) is 0 Å². The Morgan fingerprint density at radius 1 is 0.733 bits per heavy atom. The van der Waals surface area contributed by atoms with Crippen LogP contribution in [0.4, 0.5) is 0 Å². The van der Waals surface area contributed by atoms with Gasteiger partial charge in [-0.3, -0.25) is 0 Å². The number of hydrogen-bond acceptors (Lipinski definition) is 4. The van der Waals surface area contributed by atoms with E-state index < -0.39 is 0 Å². The van der Waals surface area contributed by atoms with Crippen LogP contribution in [0.3, 0.4) is 0 Å². The van der Waals surface area contributed by atoms with Crippen LogP contribution in [0.15, 0.2) is 36.7 Å². The summed E-state index contributed by atoms with van der Waals surface area (Å²) >= 11 is 0. The number of nitrogens with zero attached hydrogens (tertiary/aromatic N) is 2. The van der Waals surface area contributed by atoms with Gasteiger partial charge in [0.25, 0.3) is 0 Å². The van der Waals surface area contributed by atoms with Gasteiger partial charge in [-0.05, 0) is 44.0 Å². The van der Waals surface area contributed by atoms with E-state index in [9.17, 15) is 0 Å². The Bertz CT molecular complexity index is 670. The van der Waals surface area contributed by atoms with Gasteiger partial charge in [0, 0.05) is 5.56 Å². The molecule has 0 N–H and O–H groups in total. The van der Waals surface area contributed by atoms with Crippen LogP contribution in [0.25, 0.3) is 11.4 Å². The molecule has 2 rings (SSSR count). The van der Waals surface area contributed by atoms with Gasteiger partial charge >= 0.3 is 0 Å². The Morgan fingerprint density at radius 3 is 1.93 bits per heavy atom. The first kappa shape index (κ1) is 24.2. The molecule has 0 unspecified atom stereocenters. The highest BCUT2D eigenvalue weighted by atomic mass is 16.5. The Balaban J connectivity index is 1.65. The Hall–Kier alpha value is -2.10. The van der Waals surface area contributed by atoms with Crippen LogP contribution in [0.1, 0.15) is 91.4 Å². The van der Waals surface area contributed by atoms with Crippen molar-refractivity contribution < 1.29 is 9.47 Å². The summed E-state index contributed by atoms with van der Waals surface area (Å²) in [5.74, 6) is 2.34. The zero-order valence-electron chi connectivity index (χ0n) is 19.2. The van der Waals surface area contributed by atoms with Crippen molar-refractivity contribution in [3.8, 4) is 22.9 Å². The van der Waals surface area contributed by atoms with Crippen LogP contribution in [0.2, 0.25) is 0 Å². The van der Waals surface area contributed by atoms with Gasteiger partial charge in [-0.25, -0.2) is 9.97 Å². The van der Waals surface area contributed by atoms with Gasteiger partial charge in [0.05, 0.1) is 25.1 Å². The van der Waals surface area contributed by atoms with E-state index in [4.69, 9.17) is 9.47 Å². The summed E-state index contributed by atoms with van der Waals surface area (Å²) in [5.41, 5.74) is 0.982. The van der Waals surface area contributed by atoms with Crippen molar-refractivity contribution >= 4 is 0 Å². The van der Waals surface area contributed by atoms with Crippen molar-refractivity contribution in [2.75, 3.05) is 6.61 Å². The van der Waals surface area contributed by atoms with E-state index in [1.807, 2.05) is 24.3 Å². The quantitative estimate of drug-likeness (QED) is 0.266. The summed E-state index contributed by atoms with van der Waals surface area (Å²) in [6.45, 7) is 7.28. The fraction of sp³-hybridized carbons (Fsp3) is 0.615. The van der Waals surface area contributed by atoms with Gasteiger partial charge in [-0.2, -0.15) is 0 Å². The minimum absolute atomic E-state index is 0.235. The lowest BCUT2D eigenvalue weighted by molar-refractivity contribution is 0.210. The first-order valence-electron chi connectivity index (χ1n) is 11.9. The number of unbranched alkanes of at least 4 members (excludes halogenated alkanes) is 8. The van der Waals surface area contributed by atoms with E-state index in [-0.39, 0.29) is 6.10 Å². The monoisotopic (exact) mass is 412 g/mol. The Morgan fingerprint density at radius 2 is 1.33 bits per heavy atom. The normalized spacial score (nSPS) is 12.0. The van der Waals surface area contributed by atoms with Gasteiger partial charge in [-0.1, -0.05) is 71.6 Å². The van der Waals surface area contributed by atoms with Crippen molar-refractivity contribution in [2.45, 2.75) is 97.5 Å². The van der Waals surface area contributed by atoms with Gasteiger partial charge in [0.15, 0.2) is 11.6 Å². The van der Waals surface area contributed by atoms with Crippen LogP contribution in [-0.4, -0.2) is 22.7 Å². The van der Waals surface area contributed by atoms with Crippen molar-refractivity contribution in [1.29, 1.82) is 0 Å². The molecule has 4 heteroatoms. The molecule has 0 saturated carbocycles. The highest BCUT2D eigenvalue weighted by molar-refractivity contribution is 5.56. The molecule has 4 nitrogen and oxygen atoms in total. The third-order valence-corrected chi connectivity index (χ3v) is 5.29. The van der Waals surface area contributed by atoms with Gasteiger partial charge in [0.2, 0.25) is 0 Å². The highest BCUT2D eigenvalue weighted by Gasteiger charge is 2.05. The molecule has 0 aliphatic rings. The number of hydrogen-bond donors (Lipinski definition) is 0. The molecule has 0 radical (unpaired) electrons. The summed E-state index contributed by atoms with van der Waals surface area (Å²) in [6, 6.07) is 7.98. The summed E-state index contributed by atoms with van der Waals surface area (Å²) in [5, 5.41) is 0. The Labute approximate surface area is 183 Å². The largest absolute Gasteiger partial charge is 0.491 e. The van der Waals surface area contributed by atoms with Crippen LogP contribution in [0.5, 0.6) is 11.5 Å². The molecule has 0 aliphatic carbocycles. The third-order valence-electron chi connectivity index (χ3n) is 5.29. The molecule has 166 valence electrons.